The topological polar surface area (TPSA) is 100 Å². The molecule has 3 N–H and O–H groups in total. The van der Waals surface area contributed by atoms with Crippen LogP contribution >= 0.6 is 23.2 Å². The molecule has 0 radical (unpaired) electrons. The van der Waals surface area contributed by atoms with E-state index >= 15 is 0 Å². The summed E-state index contributed by atoms with van der Waals surface area (Å²) in [6, 6.07) is 11.1. The SMILES string of the molecule is COc1ccc(C23CCC(NC(=O)Nc4cc(Cl)ccc4Cl)CC2CN(C)C3)cc1OC.O=C(O)C(F)(F)F. The van der Waals surface area contributed by atoms with Crippen molar-refractivity contribution in [2.45, 2.75) is 36.9 Å². The van der Waals surface area contributed by atoms with Gasteiger partial charge in [0, 0.05) is 29.6 Å². The van der Waals surface area contributed by atoms with Gasteiger partial charge in [-0.3, -0.25) is 0 Å². The molecule has 1 saturated carbocycles. The van der Waals surface area contributed by atoms with Crippen molar-refractivity contribution in [1.82, 2.24) is 10.2 Å². The van der Waals surface area contributed by atoms with E-state index in [1.54, 1.807) is 32.4 Å². The lowest BCUT2D eigenvalue weighted by molar-refractivity contribution is -0.192. The van der Waals surface area contributed by atoms with E-state index in [0.717, 1.165) is 43.9 Å². The molecule has 8 nitrogen and oxygen atoms in total. The van der Waals surface area contributed by atoms with Gasteiger partial charge in [-0.05, 0) is 68.1 Å². The van der Waals surface area contributed by atoms with E-state index in [9.17, 15) is 18.0 Å². The molecule has 2 aliphatic rings. The number of nitrogens with zero attached hydrogens (tertiary/aromatic N) is 1. The van der Waals surface area contributed by atoms with Crippen LogP contribution in [0.5, 0.6) is 11.5 Å². The van der Waals surface area contributed by atoms with Crippen molar-refractivity contribution >= 4 is 40.9 Å². The van der Waals surface area contributed by atoms with E-state index in [-0.39, 0.29) is 17.5 Å². The van der Waals surface area contributed by atoms with E-state index in [1.807, 2.05) is 6.07 Å². The normalized spacial score (nSPS) is 22.7. The van der Waals surface area contributed by atoms with Crippen LogP contribution in [0.2, 0.25) is 10.0 Å². The molecule has 0 bridgehead atoms. The Hall–Kier alpha value is -2.89. The van der Waals surface area contributed by atoms with Gasteiger partial charge >= 0.3 is 18.2 Å². The molecule has 0 aromatic heterocycles. The molecule has 1 heterocycles. The number of fused-ring (bicyclic) bond motifs is 1. The van der Waals surface area contributed by atoms with E-state index in [1.165, 1.54) is 5.56 Å². The van der Waals surface area contributed by atoms with Crippen LogP contribution in [0.25, 0.3) is 0 Å². The fourth-order valence-electron chi connectivity index (χ4n) is 5.39. The maximum absolute atomic E-state index is 12.6. The minimum atomic E-state index is -5.08. The largest absolute Gasteiger partial charge is 0.493 e. The quantitative estimate of drug-likeness (QED) is 0.405. The number of benzene rings is 2. The number of rotatable bonds is 5. The van der Waals surface area contributed by atoms with Crippen molar-refractivity contribution in [2.75, 3.05) is 39.7 Å². The first kappa shape index (κ1) is 30.6. The maximum Gasteiger partial charge on any atom is 0.490 e. The molecular formula is C26H30Cl2F3N3O5. The second kappa shape index (κ2) is 12.5. The fraction of sp³-hybridized carbons (Fsp3) is 0.462. The molecule has 1 aliphatic heterocycles. The number of carbonyl (C=O) groups excluding carboxylic acids is 1. The van der Waals surface area contributed by atoms with E-state index in [0.29, 0.717) is 21.7 Å². The predicted molar refractivity (Wildman–Crippen MR) is 142 cm³/mol. The van der Waals surface area contributed by atoms with Crippen LogP contribution in [0, 0.1) is 5.92 Å². The third-order valence-corrected chi connectivity index (χ3v) is 7.65. The number of anilines is 1. The lowest BCUT2D eigenvalue weighted by Gasteiger charge is -2.42. The number of carboxylic acid groups (broad SMARTS) is 1. The summed E-state index contributed by atoms with van der Waals surface area (Å²) >= 11 is 12.2. The highest BCUT2D eigenvalue weighted by Gasteiger charge is 2.50. The second-order valence-electron chi connectivity index (χ2n) is 9.62. The number of ether oxygens (including phenoxy) is 2. The number of amides is 2. The Balaban J connectivity index is 0.000000532. The standard InChI is InChI=1S/C24H29Cl2N3O3.C2HF3O2/c1-29-13-16-10-18(27-23(30)28-20-12-17(25)5-6-19(20)26)8-9-24(16,14-29)15-4-7-21(31-2)22(11-15)32-3;3-2(4,5)1(6)7/h4-7,11-12,16,18H,8-10,13-14H2,1-3H3,(H2,27,28,30);(H,6,7). The van der Waals surface area contributed by atoms with Gasteiger partial charge in [0.25, 0.3) is 0 Å². The Morgan fingerprint density at radius 3 is 2.38 bits per heavy atom. The van der Waals surface area contributed by atoms with E-state index in [2.05, 4.69) is 34.7 Å². The molecule has 2 amide bonds. The number of likely N-dealkylation sites (tertiary alicyclic amines) is 1. The third-order valence-electron chi connectivity index (χ3n) is 7.09. The molecule has 39 heavy (non-hydrogen) atoms. The van der Waals surface area contributed by atoms with Crippen LogP contribution in [-0.2, 0) is 10.2 Å². The van der Waals surface area contributed by atoms with Crippen molar-refractivity contribution in [2.24, 2.45) is 5.92 Å². The van der Waals surface area contributed by atoms with Crippen LogP contribution in [0.3, 0.4) is 0 Å². The Bertz CT molecular complexity index is 1200. The molecule has 2 aromatic rings. The highest BCUT2D eigenvalue weighted by Crippen LogP contribution is 2.49. The van der Waals surface area contributed by atoms with Crippen molar-refractivity contribution < 1.29 is 37.3 Å². The lowest BCUT2D eigenvalue weighted by atomic mass is 9.63. The summed E-state index contributed by atoms with van der Waals surface area (Å²) in [5, 5.41) is 14.1. The van der Waals surface area contributed by atoms with Crippen molar-refractivity contribution in [3.8, 4) is 11.5 Å². The molecule has 1 aliphatic carbocycles. The number of likely N-dealkylation sites (N-methyl/N-ethyl adjacent to an activating group) is 1. The van der Waals surface area contributed by atoms with E-state index < -0.39 is 12.1 Å². The number of alkyl halides is 3. The first-order valence-electron chi connectivity index (χ1n) is 12.0. The van der Waals surface area contributed by atoms with Gasteiger partial charge in [0.2, 0.25) is 0 Å². The first-order chi connectivity index (χ1) is 18.3. The van der Waals surface area contributed by atoms with Gasteiger partial charge in [-0.15, -0.1) is 0 Å². The molecule has 3 unspecified atom stereocenters. The molecular weight excluding hydrogens is 562 g/mol. The summed E-state index contributed by atoms with van der Waals surface area (Å²) in [5.41, 5.74) is 1.82. The van der Waals surface area contributed by atoms with Crippen LogP contribution < -0.4 is 20.1 Å². The molecule has 214 valence electrons. The molecule has 2 fully saturated rings. The summed E-state index contributed by atoms with van der Waals surface area (Å²) < 4.78 is 42.7. The summed E-state index contributed by atoms with van der Waals surface area (Å²) in [6.45, 7) is 1.98. The average molecular weight is 592 g/mol. The van der Waals surface area contributed by atoms with Gasteiger partial charge in [0.05, 0.1) is 24.9 Å². The van der Waals surface area contributed by atoms with Gasteiger partial charge < -0.3 is 30.1 Å². The van der Waals surface area contributed by atoms with Crippen LogP contribution in [0.1, 0.15) is 24.8 Å². The van der Waals surface area contributed by atoms with Gasteiger partial charge in [0.15, 0.2) is 11.5 Å². The number of urea groups is 1. The summed E-state index contributed by atoms with van der Waals surface area (Å²) in [7, 11) is 5.49. The number of nitrogens with one attached hydrogen (secondary N) is 2. The monoisotopic (exact) mass is 591 g/mol. The molecule has 13 heteroatoms. The van der Waals surface area contributed by atoms with Crippen LogP contribution in [0.4, 0.5) is 23.7 Å². The number of halogens is 5. The molecule has 2 aromatic carbocycles. The number of hydrogen-bond donors (Lipinski definition) is 3. The zero-order chi connectivity index (χ0) is 29.0. The Morgan fingerprint density at radius 1 is 1.10 bits per heavy atom. The van der Waals surface area contributed by atoms with Crippen LogP contribution in [-0.4, -0.2) is 68.6 Å². The van der Waals surface area contributed by atoms with Crippen molar-refractivity contribution in [3.63, 3.8) is 0 Å². The summed E-state index contributed by atoms with van der Waals surface area (Å²) in [5.74, 6) is -0.833. The number of aliphatic carboxylic acids is 1. The number of methoxy groups -OCH3 is 2. The first-order valence-corrected chi connectivity index (χ1v) is 12.8. The van der Waals surface area contributed by atoms with Gasteiger partial charge in [-0.1, -0.05) is 29.3 Å². The van der Waals surface area contributed by atoms with Gasteiger partial charge in [-0.25, -0.2) is 9.59 Å². The van der Waals surface area contributed by atoms with Gasteiger partial charge in [0.1, 0.15) is 0 Å². The number of carboxylic acids is 1. The molecule has 1 saturated heterocycles. The fourth-order valence-corrected chi connectivity index (χ4v) is 5.72. The summed E-state index contributed by atoms with van der Waals surface area (Å²) in [6.07, 6.45) is -2.29. The lowest BCUT2D eigenvalue weighted by Crippen LogP contribution is -2.48. The minimum Gasteiger partial charge on any atom is -0.493 e. The molecule has 4 rings (SSSR count). The average Bonchev–Trinajstić information content (AvgIpc) is 3.21. The van der Waals surface area contributed by atoms with Crippen LogP contribution in [0.15, 0.2) is 36.4 Å². The smallest absolute Gasteiger partial charge is 0.490 e. The van der Waals surface area contributed by atoms with Crippen molar-refractivity contribution in [1.29, 1.82) is 0 Å². The predicted octanol–water partition coefficient (Wildman–Crippen LogP) is 5.82. The Labute approximate surface area is 234 Å². The number of carbonyl (C=O) groups is 2. The zero-order valence-electron chi connectivity index (χ0n) is 21.6. The Kier molecular flexibility index (Phi) is 9.84. The maximum atomic E-state index is 12.6. The second-order valence-corrected chi connectivity index (χ2v) is 10.5. The van der Waals surface area contributed by atoms with Gasteiger partial charge in [-0.2, -0.15) is 13.2 Å². The van der Waals surface area contributed by atoms with E-state index in [4.69, 9.17) is 42.6 Å². The zero-order valence-corrected chi connectivity index (χ0v) is 23.1. The third kappa shape index (κ3) is 7.40. The molecule has 0 spiro atoms. The molecule has 3 atom stereocenters. The highest BCUT2D eigenvalue weighted by atomic mass is 35.5. The minimum absolute atomic E-state index is 0.0409. The highest BCUT2D eigenvalue weighted by molar-refractivity contribution is 6.35. The summed E-state index contributed by atoms with van der Waals surface area (Å²) in [4.78, 5) is 23.9. The van der Waals surface area contributed by atoms with Crippen molar-refractivity contribution in [3.05, 3.63) is 52.0 Å². The Morgan fingerprint density at radius 2 is 1.77 bits per heavy atom. The number of hydrogen-bond acceptors (Lipinski definition) is 5.